The van der Waals surface area contributed by atoms with Crippen molar-refractivity contribution in [2.24, 2.45) is 34.5 Å². The van der Waals surface area contributed by atoms with Crippen LogP contribution < -0.4 is 0 Å². The Morgan fingerprint density at radius 3 is 2.29 bits per heavy atom. The first-order valence-electron chi connectivity index (χ1n) is 12.0. The number of epoxide rings is 1. The van der Waals surface area contributed by atoms with E-state index in [1.807, 2.05) is 0 Å². The van der Waals surface area contributed by atoms with Gasteiger partial charge in [0.15, 0.2) is 0 Å². The summed E-state index contributed by atoms with van der Waals surface area (Å²) < 4.78 is 18.1. The maximum absolute atomic E-state index is 12.5. The molecule has 1 spiro atoms. The Labute approximate surface area is 184 Å². The Kier molecular flexibility index (Phi) is 4.69. The number of carbonyl (C=O) groups excluding carboxylic acids is 3. The minimum Gasteiger partial charge on any atom is -0.462 e. The van der Waals surface area contributed by atoms with Gasteiger partial charge in [-0.2, -0.15) is 0 Å². The topological polar surface area (TPSA) is 82.2 Å². The van der Waals surface area contributed by atoms with Crippen molar-refractivity contribution >= 4 is 17.7 Å². The molecule has 0 N–H and O–H groups in total. The summed E-state index contributed by atoms with van der Waals surface area (Å²) in [5.41, 5.74) is -0.516. The van der Waals surface area contributed by atoms with Gasteiger partial charge in [0.25, 0.3) is 0 Å². The number of carbonyl (C=O) groups is 3. The second-order valence-corrected chi connectivity index (χ2v) is 11.5. The van der Waals surface area contributed by atoms with E-state index in [9.17, 15) is 14.4 Å². The minimum absolute atomic E-state index is 0.0517. The molecule has 0 aromatic carbocycles. The average Bonchev–Trinajstić information content (AvgIpc) is 3.22. The van der Waals surface area contributed by atoms with Gasteiger partial charge in [-0.1, -0.05) is 13.8 Å². The summed E-state index contributed by atoms with van der Waals surface area (Å²) >= 11 is 0. The third-order valence-electron chi connectivity index (χ3n) is 10.1. The van der Waals surface area contributed by atoms with E-state index < -0.39 is 0 Å². The first-order chi connectivity index (χ1) is 14.5. The molecule has 0 amide bonds. The second-order valence-electron chi connectivity index (χ2n) is 11.5. The molecule has 4 saturated carbocycles. The van der Waals surface area contributed by atoms with Crippen LogP contribution in [-0.2, 0) is 28.6 Å². The zero-order valence-electron chi connectivity index (χ0n) is 19.4. The molecule has 1 aliphatic heterocycles. The SMILES string of the molecule is CC(=O)O[C@@H]1CC[C@]2(C)[C@@H]3[C@H](C[C@@H]4O[C@@]42C1)[C@@H]1CC[C@@H](C(C)=O)[C@@]1(C)C[C@H]3OC(C)=O. The monoisotopic (exact) mass is 432 g/mol. The number of fused-ring (bicyclic) bond motifs is 4. The third kappa shape index (κ3) is 2.89. The molecule has 0 bridgehead atoms. The van der Waals surface area contributed by atoms with Crippen LogP contribution in [0, 0.1) is 34.5 Å². The highest BCUT2D eigenvalue weighted by Crippen LogP contribution is 2.74. The fourth-order valence-electron chi connectivity index (χ4n) is 9.05. The third-order valence-corrected chi connectivity index (χ3v) is 10.1. The number of esters is 2. The van der Waals surface area contributed by atoms with Crippen LogP contribution in [0.3, 0.4) is 0 Å². The molecule has 6 nitrogen and oxygen atoms in total. The van der Waals surface area contributed by atoms with E-state index in [0.29, 0.717) is 11.8 Å². The first-order valence-corrected chi connectivity index (χ1v) is 12.0. The molecule has 1 heterocycles. The van der Waals surface area contributed by atoms with Gasteiger partial charge in [-0.25, -0.2) is 0 Å². The number of hydrogen-bond donors (Lipinski definition) is 0. The predicted octanol–water partition coefficient (Wildman–Crippen LogP) is 3.84. The Balaban J connectivity index is 1.51. The van der Waals surface area contributed by atoms with Gasteiger partial charge in [-0.3, -0.25) is 14.4 Å². The van der Waals surface area contributed by atoms with Crippen LogP contribution in [0.2, 0.25) is 0 Å². The molecule has 5 fully saturated rings. The molecule has 10 atom stereocenters. The van der Waals surface area contributed by atoms with Crippen molar-refractivity contribution in [2.45, 2.75) is 103 Å². The minimum atomic E-state index is -0.281. The van der Waals surface area contributed by atoms with Gasteiger partial charge in [0.05, 0.1) is 6.10 Å². The molecule has 0 unspecified atom stereocenters. The van der Waals surface area contributed by atoms with Crippen LogP contribution in [0.4, 0.5) is 0 Å². The number of Topliss-reactive ketones (excluding diaryl/α,β-unsaturated/α-hetero) is 1. The highest BCUT2D eigenvalue weighted by atomic mass is 16.6. The maximum atomic E-state index is 12.5. The summed E-state index contributed by atoms with van der Waals surface area (Å²) in [6.45, 7) is 9.27. The molecule has 0 aromatic heterocycles. The van der Waals surface area contributed by atoms with Gasteiger partial charge < -0.3 is 14.2 Å². The van der Waals surface area contributed by atoms with Crippen molar-refractivity contribution in [3.8, 4) is 0 Å². The van der Waals surface area contributed by atoms with E-state index in [2.05, 4.69) is 13.8 Å². The molecule has 172 valence electrons. The van der Waals surface area contributed by atoms with Crippen molar-refractivity contribution in [1.29, 1.82) is 0 Å². The van der Waals surface area contributed by atoms with E-state index in [1.54, 1.807) is 6.92 Å². The number of ether oxygens (including phenoxy) is 3. The molecule has 1 saturated heterocycles. The summed E-state index contributed by atoms with van der Waals surface area (Å²) in [4.78, 5) is 36.2. The summed E-state index contributed by atoms with van der Waals surface area (Å²) in [5, 5.41) is 0. The highest BCUT2D eigenvalue weighted by molar-refractivity contribution is 5.79. The fourth-order valence-corrected chi connectivity index (χ4v) is 9.05. The quantitative estimate of drug-likeness (QED) is 0.498. The second kappa shape index (κ2) is 6.79. The molecule has 6 heteroatoms. The molecule has 31 heavy (non-hydrogen) atoms. The van der Waals surface area contributed by atoms with Crippen LogP contribution in [0.1, 0.15) is 79.6 Å². The van der Waals surface area contributed by atoms with Gasteiger partial charge >= 0.3 is 11.9 Å². The summed E-state index contributed by atoms with van der Waals surface area (Å²) in [7, 11) is 0. The van der Waals surface area contributed by atoms with Crippen LogP contribution >= 0.6 is 0 Å². The molecular formula is C25H36O6. The lowest BCUT2D eigenvalue weighted by Gasteiger charge is -2.61. The Hall–Kier alpha value is -1.43. The van der Waals surface area contributed by atoms with Crippen molar-refractivity contribution in [3.05, 3.63) is 0 Å². The highest BCUT2D eigenvalue weighted by Gasteiger charge is 2.78. The predicted molar refractivity (Wildman–Crippen MR) is 112 cm³/mol. The van der Waals surface area contributed by atoms with E-state index in [-0.39, 0.29) is 64.3 Å². The van der Waals surface area contributed by atoms with Gasteiger partial charge in [0.2, 0.25) is 0 Å². The van der Waals surface area contributed by atoms with E-state index in [1.165, 1.54) is 13.8 Å². The van der Waals surface area contributed by atoms with Crippen LogP contribution in [0.15, 0.2) is 0 Å². The molecule has 5 aliphatic rings. The summed E-state index contributed by atoms with van der Waals surface area (Å²) in [5.74, 6) is 0.919. The lowest BCUT2D eigenvalue weighted by Crippen LogP contribution is -2.63. The molecule has 5 rings (SSSR count). The van der Waals surface area contributed by atoms with Crippen LogP contribution in [-0.4, -0.2) is 41.6 Å². The smallest absolute Gasteiger partial charge is 0.302 e. The fraction of sp³-hybridized carbons (Fsp3) is 0.880. The van der Waals surface area contributed by atoms with Gasteiger partial charge in [-0.05, 0) is 62.7 Å². The number of rotatable bonds is 3. The standard InChI is InChI=1S/C25H36O6/c1-13(26)18-6-7-19-17-10-21-25(31-21)11-16(29-14(2)27)8-9-24(25,5)22(17)20(30-15(3)28)12-23(18,19)4/h16-22H,6-12H2,1-5H3/t16-,17-,18+,19+,20-,21+,22-,23-,24-,25+/m1/s1. The Morgan fingerprint density at radius 1 is 0.935 bits per heavy atom. The average molecular weight is 433 g/mol. The first kappa shape index (κ1) is 21.4. The number of hydrogen-bond acceptors (Lipinski definition) is 6. The summed E-state index contributed by atoms with van der Waals surface area (Å²) in [6.07, 6.45) is 6.07. The van der Waals surface area contributed by atoms with Gasteiger partial charge in [0.1, 0.15) is 23.6 Å². The zero-order valence-corrected chi connectivity index (χ0v) is 19.4. The largest absolute Gasteiger partial charge is 0.462 e. The van der Waals surface area contributed by atoms with Crippen molar-refractivity contribution in [1.82, 2.24) is 0 Å². The summed E-state index contributed by atoms with van der Waals surface area (Å²) in [6, 6.07) is 0. The Bertz CT molecular complexity index is 823. The molecule has 0 aromatic rings. The Morgan fingerprint density at radius 2 is 1.65 bits per heavy atom. The van der Waals surface area contributed by atoms with Gasteiger partial charge in [-0.15, -0.1) is 0 Å². The lowest BCUT2D eigenvalue weighted by molar-refractivity contribution is -0.194. The van der Waals surface area contributed by atoms with Crippen molar-refractivity contribution in [2.75, 3.05) is 0 Å². The van der Waals surface area contributed by atoms with E-state index in [4.69, 9.17) is 14.2 Å². The lowest BCUT2D eigenvalue weighted by atomic mass is 9.43. The maximum Gasteiger partial charge on any atom is 0.302 e. The van der Waals surface area contributed by atoms with Crippen LogP contribution in [0.5, 0.6) is 0 Å². The number of ketones is 1. The van der Waals surface area contributed by atoms with E-state index >= 15 is 0 Å². The van der Waals surface area contributed by atoms with Gasteiger partial charge in [0, 0.05) is 37.5 Å². The van der Waals surface area contributed by atoms with Crippen LogP contribution in [0.25, 0.3) is 0 Å². The normalized spacial score (nSPS) is 52.1. The van der Waals surface area contributed by atoms with E-state index in [0.717, 1.165) is 44.9 Å². The molecule has 4 aliphatic carbocycles. The molecule has 0 radical (unpaired) electrons. The van der Waals surface area contributed by atoms with Crippen molar-refractivity contribution in [3.63, 3.8) is 0 Å². The molecular weight excluding hydrogens is 396 g/mol. The van der Waals surface area contributed by atoms with Crippen molar-refractivity contribution < 1.29 is 28.6 Å². The zero-order chi connectivity index (χ0) is 22.3.